The molecular formula is C15H21N3O. The van der Waals surface area contributed by atoms with E-state index in [1.54, 1.807) is 6.20 Å². The summed E-state index contributed by atoms with van der Waals surface area (Å²) in [5.74, 6) is 0. The van der Waals surface area contributed by atoms with E-state index in [1.165, 1.54) is 0 Å². The Morgan fingerprint density at radius 1 is 1.32 bits per heavy atom. The molecule has 0 aliphatic rings. The van der Waals surface area contributed by atoms with E-state index in [0.717, 1.165) is 29.9 Å². The zero-order valence-electron chi connectivity index (χ0n) is 11.8. The summed E-state index contributed by atoms with van der Waals surface area (Å²) in [6, 6.07) is 5.93. The molecular weight excluding hydrogens is 238 g/mol. The number of hydrogen-bond donors (Lipinski definition) is 1. The molecule has 2 rings (SSSR count). The molecule has 0 aromatic carbocycles. The normalized spacial score (nSPS) is 12.6. The molecule has 0 amide bonds. The van der Waals surface area contributed by atoms with Crippen molar-refractivity contribution in [1.82, 2.24) is 14.8 Å². The van der Waals surface area contributed by atoms with Crippen molar-refractivity contribution in [2.45, 2.75) is 46.3 Å². The molecule has 0 bridgehead atoms. The van der Waals surface area contributed by atoms with E-state index in [1.807, 2.05) is 23.7 Å². The second kappa shape index (κ2) is 5.97. The summed E-state index contributed by atoms with van der Waals surface area (Å²) in [6.45, 7) is 6.96. The maximum atomic E-state index is 10.3. The van der Waals surface area contributed by atoms with Gasteiger partial charge in [0.15, 0.2) is 0 Å². The molecule has 1 unspecified atom stereocenters. The van der Waals surface area contributed by atoms with Crippen LogP contribution in [0.25, 0.3) is 0 Å². The third-order valence-electron chi connectivity index (χ3n) is 3.25. The molecule has 4 heteroatoms. The van der Waals surface area contributed by atoms with Gasteiger partial charge in [0.1, 0.15) is 6.10 Å². The zero-order chi connectivity index (χ0) is 13.8. The lowest BCUT2D eigenvalue weighted by atomic mass is 10.1. The van der Waals surface area contributed by atoms with E-state index >= 15 is 0 Å². The molecule has 0 spiro atoms. The average Bonchev–Trinajstić information content (AvgIpc) is 2.81. The number of aliphatic hydroxyl groups is 1. The highest BCUT2D eigenvalue weighted by Gasteiger charge is 2.14. The molecule has 0 fully saturated rings. The molecule has 2 aromatic heterocycles. The van der Waals surface area contributed by atoms with Crippen LogP contribution in [0.1, 0.15) is 42.6 Å². The van der Waals surface area contributed by atoms with Crippen LogP contribution in [0.5, 0.6) is 0 Å². The Bertz CT molecular complexity index is 531. The van der Waals surface area contributed by atoms with Crippen molar-refractivity contribution in [3.63, 3.8) is 0 Å². The SMILES string of the molecule is CCc1cc(CC(O)c2ccc(C)cn2)n(CC)n1. The summed E-state index contributed by atoms with van der Waals surface area (Å²) in [6.07, 6.45) is 2.68. The number of aryl methyl sites for hydroxylation is 3. The molecule has 2 heterocycles. The largest absolute Gasteiger partial charge is 0.386 e. The third kappa shape index (κ3) is 3.20. The number of aromatic nitrogens is 3. The lowest BCUT2D eigenvalue weighted by molar-refractivity contribution is 0.170. The molecule has 0 saturated heterocycles. The molecule has 0 aliphatic carbocycles. The lowest BCUT2D eigenvalue weighted by Crippen LogP contribution is -2.09. The van der Waals surface area contributed by atoms with Crippen molar-refractivity contribution < 1.29 is 5.11 Å². The first-order chi connectivity index (χ1) is 9.13. The van der Waals surface area contributed by atoms with Gasteiger partial charge in [-0.1, -0.05) is 13.0 Å². The smallest absolute Gasteiger partial charge is 0.101 e. The van der Waals surface area contributed by atoms with Crippen LogP contribution in [0.15, 0.2) is 24.4 Å². The Labute approximate surface area is 114 Å². The van der Waals surface area contributed by atoms with E-state index in [-0.39, 0.29) is 0 Å². The molecule has 0 aliphatic heterocycles. The number of aliphatic hydroxyl groups excluding tert-OH is 1. The van der Waals surface area contributed by atoms with Crippen LogP contribution < -0.4 is 0 Å². The first-order valence-corrected chi connectivity index (χ1v) is 6.80. The van der Waals surface area contributed by atoms with Crippen LogP contribution in [0.3, 0.4) is 0 Å². The standard InChI is InChI=1S/C15H21N3O/c1-4-12-8-13(18(5-2)17-12)9-15(19)14-7-6-11(3)10-16-14/h6-8,10,15,19H,4-5,9H2,1-3H3. The van der Waals surface area contributed by atoms with Gasteiger partial charge in [0.05, 0.1) is 11.4 Å². The van der Waals surface area contributed by atoms with Gasteiger partial charge in [0.2, 0.25) is 0 Å². The number of hydrogen-bond acceptors (Lipinski definition) is 3. The summed E-state index contributed by atoms with van der Waals surface area (Å²) >= 11 is 0. The fraction of sp³-hybridized carbons (Fsp3) is 0.467. The van der Waals surface area contributed by atoms with Gasteiger partial charge in [0.25, 0.3) is 0 Å². The molecule has 19 heavy (non-hydrogen) atoms. The minimum Gasteiger partial charge on any atom is -0.386 e. The van der Waals surface area contributed by atoms with Gasteiger partial charge in [-0.25, -0.2) is 0 Å². The summed E-state index contributed by atoms with van der Waals surface area (Å²) in [4.78, 5) is 4.28. The van der Waals surface area contributed by atoms with E-state index in [0.29, 0.717) is 12.1 Å². The summed E-state index contributed by atoms with van der Waals surface area (Å²) < 4.78 is 1.95. The van der Waals surface area contributed by atoms with Gasteiger partial charge in [0, 0.05) is 24.9 Å². The maximum Gasteiger partial charge on any atom is 0.101 e. The topological polar surface area (TPSA) is 50.9 Å². The van der Waals surface area contributed by atoms with Crippen LogP contribution in [-0.4, -0.2) is 19.9 Å². The number of pyridine rings is 1. The number of rotatable bonds is 5. The zero-order valence-corrected chi connectivity index (χ0v) is 11.8. The maximum absolute atomic E-state index is 10.3. The second-order valence-corrected chi connectivity index (χ2v) is 4.78. The Morgan fingerprint density at radius 3 is 2.68 bits per heavy atom. The van der Waals surface area contributed by atoms with Crippen LogP contribution in [0, 0.1) is 6.92 Å². The van der Waals surface area contributed by atoms with Crippen LogP contribution in [0.2, 0.25) is 0 Å². The predicted octanol–water partition coefficient (Wildman–Crippen LogP) is 2.44. The van der Waals surface area contributed by atoms with Crippen molar-refractivity contribution in [1.29, 1.82) is 0 Å². The van der Waals surface area contributed by atoms with Crippen LogP contribution in [-0.2, 0) is 19.4 Å². The van der Waals surface area contributed by atoms with Gasteiger partial charge in [-0.15, -0.1) is 0 Å². The molecule has 4 nitrogen and oxygen atoms in total. The van der Waals surface area contributed by atoms with Gasteiger partial charge in [-0.3, -0.25) is 9.67 Å². The van der Waals surface area contributed by atoms with Crippen molar-refractivity contribution >= 4 is 0 Å². The first kappa shape index (κ1) is 13.7. The minimum absolute atomic E-state index is 0.552. The van der Waals surface area contributed by atoms with Gasteiger partial charge in [-0.05, 0) is 38.0 Å². The summed E-state index contributed by atoms with van der Waals surface area (Å²) in [5, 5.41) is 14.8. The Hall–Kier alpha value is -1.68. The highest BCUT2D eigenvalue weighted by atomic mass is 16.3. The molecule has 1 N–H and O–H groups in total. The highest BCUT2D eigenvalue weighted by Crippen LogP contribution is 2.17. The fourth-order valence-corrected chi connectivity index (χ4v) is 2.10. The highest BCUT2D eigenvalue weighted by molar-refractivity contribution is 5.17. The van der Waals surface area contributed by atoms with Crippen LogP contribution >= 0.6 is 0 Å². The molecule has 0 radical (unpaired) electrons. The van der Waals surface area contributed by atoms with E-state index < -0.39 is 6.10 Å². The Kier molecular flexibility index (Phi) is 4.32. The van der Waals surface area contributed by atoms with Crippen molar-refractivity contribution in [2.75, 3.05) is 0 Å². The minimum atomic E-state index is -0.577. The van der Waals surface area contributed by atoms with Gasteiger partial charge in [-0.2, -0.15) is 5.10 Å². The fourth-order valence-electron chi connectivity index (χ4n) is 2.10. The van der Waals surface area contributed by atoms with E-state index in [2.05, 4.69) is 30.0 Å². The van der Waals surface area contributed by atoms with E-state index in [4.69, 9.17) is 0 Å². The van der Waals surface area contributed by atoms with Crippen molar-refractivity contribution in [2.24, 2.45) is 0 Å². The second-order valence-electron chi connectivity index (χ2n) is 4.78. The van der Waals surface area contributed by atoms with Crippen LogP contribution in [0.4, 0.5) is 0 Å². The van der Waals surface area contributed by atoms with Crippen molar-refractivity contribution in [3.05, 3.63) is 47.0 Å². The molecule has 0 saturated carbocycles. The molecule has 1 atom stereocenters. The monoisotopic (exact) mass is 259 g/mol. The Balaban J connectivity index is 2.15. The quantitative estimate of drug-likeness (QED) is 0.897. The molecule has 102 valence electrons. The number of nitrogens with zero attached hydrogens (tertiary/aromatic N) is 3. The predicted molar refractivity (Wildman–Crippen MR) is 74.9 cm³/mol. The lowest BCUT2D eigenvalue weighted by Gasteiger charge is -2.11. The first-order valence-electron chi connectivity index (χ1n) is 6.80. The summed E-state index contributed by atoms with van der Waals surface area (Å²) in [5.41, 5.74) is 3.95. The average molecular weight is 259 g/mol. The third-order valence-corrected chi connectivity index (χ3v) is 3.25. The van der Waals surface area contributed by atoms with Gasteiger partial charge < -0.3 is 5.11 Å². The van der Waals surface area contributed by atoms with Crippen molar-refractivity contribution in [3.8, 4) is 0 Å². The van der Waals surface area contributed by atoms with Gasteiger partial charge >= 0.3 is 0 Å². The Morgan fingerprint density at radius 2 is 2.11 bits per heavy atom. The molecule has 2 aromatic rings. The summed E-state index contributed by atoms with van der Waals surface area (Å²) in [7, 11) is 0. The van der Waals surface area contributed by atoms with E-state index in [9.17, 15) is 5.11 Å².